The molecule has 0 radical (unpaired) electrons. The summed E-state index contributed by atoms with van der Waals surface area (Å²) in [7, 11) is 1.62. The van der Waals surface area contributed by atoms with Gasteiger partial charge in [0, 0.05) is 37.6 Å². The van der Waals surface area contributed by atoms with E-state index in [9.17, 15) is 22.8 Å². The van der Waals surface area contributed by atoms with E-state index in [1.165, 1.54) is 12.4 Å². The van der Waals surface area contributed by atoms with Gasteiger partial charge in [-0.25, -0.2) is 14.8 Å². The number of carbonyl (C=O) groups is 2. The molecule has 4 N–H and O–H groups in total. The van der Waals surface area contributed by atoms with Crippen LogP contribution in [0.2, 0.25) is 0 Å². The molecule has 1 aromatic heterocycles. The van der Waals surface area contributed by atoms with E-state index in [2.05, 4.69) is 43.1 Å². The Kier molecular flexibility index (Phi) is 8.35. The van der Waals surface area contributed by atoms with Crippen LogP contribution in [0.15, 0.2) is 24.5 Å². The van der Waals surface area contributed by atoms with Crippen molar-refractivity contribution < 1.29 is 22.8 Å². The van der Waals surface area contributed by atoms with Crippen molar-refractivity contribution in [1.29, 1.82) is 0 Å². The normalized spacial score (nSPS) is 21.6. The Morgan fingerprint density at radius 2 is 1.86 bits per heavy atom. The van der Waals surface area contributed by atoms with E-state index in [-0.39, 0.29) is 41.8 Å². The molecule has 4 rings (SSSR count). The van der Waals surface area contributed by atoms with Gasteiger partial charge in [-0.05, 0) is 56.2 Å². The molecule has 1 saturated heterocycles. The minimum absolute atomic E-state index is 0.0457. The van der Waals surface area contributed by atoms with Crippen molar-refractivity contribution >= 4 is 28.7 Å². The molecule has 1 saturated carbocycles. The third kappa shape index (κ3) is 6.60. The number of amides is 3. The summed E-state index contributed by atoms with van der Waals surface area (Å²) in [5.41, 5.74) is -0.427. The number of nitrogens with one attached hydrogen (secondary N) is 4. The van der Waals surface area contributed by atoms with Crippen molar-refractivity contribution in [3.63, 3.8) is 0 Å². The molecule has 202 valence electrons. The second-order valence-electron chi connectivity index (χ2n) is 9.83. The highest BCUT2D eigenvalue weighted by molar-refractivity contribution is 5.91. The number of urea groups is 1. The van der Waals surface area contributed by atoms with Crippen LogP contribution in [0.4, 0.5) is 23.8 Å². The van der Waals surface area contributed by atoms with E-state index >= 15 is 0 Å². The second-order valence-corrected chi connectivity index (χ2v) is 9.83. The van der Waals surface area contributed by atoms with Crippen LogP contribution in [0.25, 0.3) is 10.9 Å². The number of fused-ring (bicyclic) bond motifs is 1. The number of anilines is 1. The molecular weight excluding hydrogens is 487 g/mol. The van der Waals surface area contributed by atoms with Crippen LogP contribution in [0, 0.1) is 5.92 Å². The maximum atomic E-state index is 13.1. The number of benzene rings is 1. The van der Waals surface area contributed by atoms with Crippen LogP contribution in [-0.2, 0) is 11.0 Å². The van der Waals surface area contributed by atoms with Crippen molar-refractivity contribution in [3.05, 3.63) is 30.1 Å². The molecule has 9 nitrogen and oxygen atoms in total. The van der Waals surface area contributed by atoms with Gasteiger partial charge >= 0.3 is 12.2 Å². The number of alkyl halides is 3. The zero-order valence-corrected chi connectivity index (χ0v) is 21.1. The summed E-state index contributed by atoms with van der Waals surface area (Å²) in [5.74, 6) is 0.430. The van der Waals surface area contributed by atoms with E-state index in [0.717, 1.165) is 57.3 Å². The van der Waals surface area contributed by atoms with Crippen molar-refractivity contribution in [2.24, 2.45) is 5.92 Å². The summed E-state index contributed by atoms with van der Waals surface area (Å²) in [5, 5.41) is 11.7. The molecule has 1 aliphatic heterocycles. The Balaban J connectivity index is 1.21. The Labute approximate surface area is 214 Å². The first-order valence-electron chi connectivity index (χ1n) is 12.8. The fourth-order valence-electron chi connectivity index (χ4n) is 5.38. The number of likely N-dealkylation sites (tertiary alicyclic amines) is 1. The average Bonchev–Trinajstić information content (AvgIpc) is 2.87. The topological polar surface area (TPSA) is 111 Å². The molecule has 37 heavy (non-hydrogen) atoms. The van der Waals surface area contributed by atoms with Crippen molar-refractivity contribution in [3.8, 4) is 0 Å². The fraction of sp³-hybridized carbons (Fsp3) is 0.600. The Morgan fingerprint density at radius 3 is 2.51 bits per heavy atom. The van der Waals surface area contributed by atoms with E-state index in [0.29, 0.717) is 17.5 Å². The molecule has 2 aromatic rings. The fourth-order valence-corrected chi connectivity index (χ4v) is 5.38. The minimum atomic E-state index is -4.48. The highest BCUT2D eigenvalue weighted by Gasteiger charge is 2.36. The molecule has 1 aliphatic carbocycles. The van der Waals surface area contributed by atoms with Gasteiger partial charge in [0.25, 0.3) is 0 Å². The van der Waals surface area contributed by atoms with Gasteiger partial charge in [-0.3, -0.25) is 9.69 Å². The number of nitrogens with zero attached hydrogens (tertiary/aromatic N) is 3. The van der Waals surface area contributed by atoms with Crippen molar-refractivity contribution in [2.75, 3.05) is 32.0 Å². The third-order valence-corrected chi connectivity index (χ3v) is 7.46. The van der Waals surface area contributed by atoms with Crippen LogP contribution in [0.5, 0.6) is 0 Å². The average molecular weight is 522 g/mol. The number of carbonyl (C=O) groups excluding carboxylic acids is 2. The number of rotatable bonds is 8. The van der Waals surface area contributed by atoms with E-state index < -0.39 is 11.7 Å². The van der Waals surface area contributed by atoms with Gasteiger partial charge < -0.3 is 21.3 Å². The third-order valence-electron chi connectivity index (χ3n) is 7.46. The molecule has 2 aliphatic rings. The quantitative estimate of drug-likeness (QED) is 0.425. The van der Waals surface area contributed by atoms with Crippen LogP contribution in [0.1, 0.15) is 44.6 Å². The predicted octanol–water partition coefficient (Wildman–Crippen LogP) is 3.13. The molecule has 1 atom stereocenters. The largest absolute Gasteiger partial charge is 0.416 e. The Morgan fingerprint density at radius 1 is 1.14 bits per heavy atom. The van der Waals surface area contributed by atoms with E-state index in [4.69, 9.17) is 0 Å². The molecule has 12 heteroatoms. The van der Waals surface area contributed by atoms with Crippen molar-refractivity contribution in [1.82, 2.24) is 30.8 Å². The number of hydrogen-bond donors (Lipinski definition) is 4. The zero-order valence-electron chi connectivity index (χ0n) is 21.1. The van der Waals surface area contributed by atoms with Crippen LogP contribution in [-0.4, -0.2) is 71.6 Å². The lowest BCUT2D eigenvalue weighted by atomic mass is 9.79. The van der Waals surface area contributed by atoms with E-state index in [1.807, 2.05) is 0 Å². The molecule has 2 heterocycles. The monoisotopic (exact) mass is 521 g/mol. The maximum Gasteiger partial charge on any atom is 0.416 e. The first-order valence-corrected chi connectivity index (χ1v) is 12.8. The lowest BCUT2D eigenvalue weighted by molar-refractivity contribution is -0.137. The van der Waals surface area contributed by atoms with Crippen LogP contribution < -0.4 is 21.3 Å². The molecule has 0 unspecified atom stereocenters. The van der Waals surface area contributed by atoms with Crippen LogP contribution >= 0.6 is 0 Å². The summed E-state index contributed by atoms with van der Waals surface area (Å²) in [6.45, 7) is 3.55. The number of halogens is 3. The molecule has 2 fully saturated rings. The molecular formula is C25H34F3N7O2. The maximum absolute atomic E-state index is 13.1. The van der Waals surface area contributed by atoms with E-state index in [1.54, 1.807) is 7.05 Å². The first kappa shape index (κ1) is 26.9. The highest BCUT2D eigenvalue weighted by Crippen LogP contribution is 2.33. The Bertz CT molecular complexity index is 1100. The van der Waals surface area contributed by atoms with Gasteiger partial charge in [0.15, 0.2) is 0 Å². The summed E-state index contributed by atoms with van der Waals surface area (Å²) in [4.78, 5) is 34.6. The standard InChI is InChI=1S/C25H34F3N7O2/c1-3-20(34-24(37)29-2)15-4-7-18(8-5-15)35-12-17(13-35)33-22(36)11-30-23-19-10-16(25(26,27)28)6-9-21(19)31-14-32-23/h6,9-10,14-15,17-18,20H,3-5,7-8,11-13H2,1-2H3,(H,33,36)(H2,29,34,37)(H,30,31,32)/t15?,18?,20-/m0/s1. The first-order chi connectivity index (χ1) is 17.7. The zero-order chi connectivity index (χ0) is 26.6. The predicted molar refractivity (Wildman–Crippen MR) is 134 cm³/mol. The molecule has 1 aromatic carbocycles. The van der Waals surface area contributed by atoms with Gasteiger partial charge in [-0.15, -0.1) is 0 Å². The number of hydrogen-bond acceptors (Lipinski definition) is 6. The van der Waals surface area contributed by atoms with Gasteiger partial charge in [0.05, 0.1) is 23.7 Å². The second kappa shape index (κ2) is 11.5. The number of aromatic nitrogens is 2. The van der Waals surface area contributed by atoms with Gasteiger partial charge in [-0.2, -0.15) is 13.2 Å². The van der Waals surface area contributed by atoms with Gasteiger partial charge in [0.2, 0.25) is 5.91 Å². The molecule has 0 bridgehead atoms. The SMILES string of the molecule is CC[C@H](NC(=O)NC)C1CCC(N2CC(NC(=O)CNc3ncnc4ccc(C(F)(F)F)cc34)C2)CC1. The summed E-state index contributed by atoms with van der Waals surface area (Å²) >= 11 is 0. The van der Waals surface area contributed by atoms with Gasteiger partial charge in [-0.1, -0.05) is 6.92 Å². The summed E-state index contributed by atoms with van der Waals surface area (Å²) in [6.07, 6.45) is 1.95. The lowest BCUT2D eigenvalue weighted by Gasteiger charge is -2.47. The van der Waals surface area contributed by atoms with Gasteiger partial charge in [0.1, 0.15) is 12.1 Å². The molecule has 3 amide bonds. The smallest absolute Gasteiger partial charge is 0.360 e. The van der Waals surface area contributed by atoms with Crippen molar-refractivity contribution in [2.45, 2.75) is 63.3 Å². The van der Waals surface area contributed by atoms with Crippen LogP contribution in [0.3, 0.4) is 0 Å². The summed E-state index contributed by atoms with van der Waals surface area (Å²) < 4.78 is 39.3. The summed E-state index contributed by atoms with van der Waals surface area (Å²) in [6, 6.07) is 3.84. The lowest BCUT2D eigenvalue weighted by Crippen LogP contribution is -2.63. The minimum Gasteiger partial charge on any atom is -0.360 e. The highest BCUT2D eigenvalue weighted by atomic mass is 19.4. The Hall–Kier alpha value is -3.15. The molecule has 0 spiro atoms.